The first-order chi connectivity index (χ1) is 19.6. The first-order valence-electron chi connectivity index (χ1n) is 15.9. The number of primary amides is 1. The highest BCUT2D eigenvalue weighted by molar-refractivity contribution is 7.85. The molecule has 260 valence electrons. The largest absolute Gasteiger partial charge is 0.392 e. The Bertz CT molecular complexity index is 1330. The van der Waals surface area contributed by atoms with Crippen LogP contribution in [0.15, 0.2) is 0 Å². The van der Waals surface area contributed by atoms with Crippen LogP contribution in [0.4, 0.5) is 0 Å². The zero-order valence-electron chi connectivity index (χ0n) is 30.4. The number of hydrogen-bond donors (Lipinski definition) is 3. The lowest BCUT2D eigenvalue weighted by molar-refractivity contribution is -0.156. The van der Waals surface area contributed by atoms with Crippen LogP contribution in [0.5, 0.6) is 0 Å². The van der Waals surface area contributed by atoms with E-state index in [0.29, 0.717) is 12.8 Å². The summed E-state index contributed by atoms with van der Waals surface area (Å²) in [5.74, 6) is -4.75. The fourth-order valence-electron chi connectivity index (χ4n) is 8.23. The minimum atomic E-state index is -4.42. The summed E-state index contributed by atoms with van der Waals surface area (Å²) in [6, 6.07) is 0. The average Bonchev–Trinajstić information content (AvgIpc) is 3.30. The molecule has 2 amide bonds. The highest BCUT2D eigenvalue weighted by Gasteiger charge is 2.84. The molecular formula is C34H60N2O8S. The van der Waals surface area contributed by atoms with E-state index in [9.17, 15) is 32.1 Å². The van der Waals surface area contributed by atoms with E-state index in [1.165, 1.54) is 13.8 Å². The fourth-order valence-corrected chi connectivity index (χ4v) is 9.21. The Balaban J connectivity index is 2.73. The number of hydrogen-bond acceptors (Lipinski definition) is 7. The highest BCUT2D eigenvalue weighted by atomic mass is 32.2. The molecule has 1 heterocycles. The van der Waals surface area contributed by atoms with Gasteiger partial charge in [-0.25, -0.2) is 0 Å². The molecule has 1 spiro atoms. The topological polar surface area (TPSA) is 170 Å². The second-order valence-electron chi connectivity index (χ2n) is 18.9. The third-order valence-electron chi connectivity index (χ3n) is 11.7. The molecule has 11 heteroatoms. The lowest BCUT2D eigenvalue weighted by Crippen LogP contribution is -2.56. The van der Waals surface area contributed by atoms with Gasteiger partial charge in [-0.1, -0.05) is 90.0 Å². The van der Waals surface area contributed by atoms with E-state index in [2.05, 4.69) is 5.32 Å². The summed E-state index contributed by atoms with van der Waals surface area (Å²) < 4.78 is 38.5. The number of amides is 2. The van der Waals surface area contributed by atoms with Crippen LogP contribution in [0.1, 0.15) is 123 Å². The Labute approximate surface area is 271 Å². The molecule has 0 bridgehead atoms. The Morgan fingerprint density at radius 3 is 1.82 bits per heavy atom. The Kier molecular flexibility index (Phi) is 9.84. The second kappa shape index (κ2) is 11.3. The van der Waals surface area contributed by atoms with Gasteiger partial charge < -0.3 is 15.8 Å². The van der Waals surface area contributed by atoms with Gasteiger partial charge in [0.05, 0.1) is 22.6 Å². The molecule has 1 saturated carbocycles. The van der Waals surface area contributed by atoms with Gasteiger partial charge in [-0.2, -0.15) is 8.42 Å². The van der Waals surface area contributed by atoms with Crippen LogP contribution < -0.4 is 11.1 Å². The van der Waals surface area contributed by atoms with E-state index in [4.69, 9.17) is 10.5 Å². The monoisotopic (exact) mass is 656 g/mol. The maximum atomic E-state index is 14.5. The molecule has 45 heavy (non-hydrogen) atoms. The summed E-state index contributed by atoms with van der Waals surface area (Å²) in [6.45, 7) is 28.6. The summed E-state index contributed by atoms with van der Waals surface area (Å²) >= 11 is 0. The number of nitrogens with two attached hydrogens (primary N) is 1. The average molecular weight is 657 g/mol. The first kappa shape index (κ1) is 39.2. The van der Waals surface area contributed by atoms with Crippen LogP contribution in [0.25, 0.3) is 0 Å². The van der Waals surface area contributed by atoms with Crippen LogP contribution in [0, 0.1) is 55.7 Å². The molecule has 2 fully saturated rings. The lowest BCUT2D eigenvalue weighted by Gasteiger charge is -2.52. The zero-order valence-corrected chi connectivity index (χ0v) is 31.2. The Hall–Kier alpha value is -2.01. The zero-order chi connectivity index (χ0) is 35.8. The predicted octanol–water partition coefficient (Wildman–Crippen LogP) is 5.53. The SMILES string of the molecule is CC(C)(C)CC(C(N)=O)C(C)(C)C(C)(C)CC(C(=O)NC(C)(C)CS(=O)(=O)O)C(C)(C)C1(C)CC12C(=O)OC(=O)C2C(C)(C)C. The van der Waals surface area contributed by atoms with Crippen molar-refractivity contribution in [3.8, 4) is 0 Å². The predicted molar refractivity (Wildman–Crippen MR) is 174 cm³/mol. The third-order valence-corrected chi connectivity index (χ3v) is 12.8. The number of cyclic esters (lactones) is 2. The molecule has 10 nitrogen and oxygen atoms in total. The Morgan fingerprint density at radius 1 is 0.933 bits per heavy atom. The third kappa shape index (κ3) is 7.29. The van der Waals surface area contributed by atoms with Gasteiger partial charge in [0.1, 0.15) is 0 Å². The summed E-state index contributed by atoms with van der Waals surface area (Å²) in [5.41, 5.74) is -0.381. The number of nitrogens with one attached hydrogen (secondary N) is 1. The minimum absolute atomic E-state index is 0.200. The molecule has 5 unspecified atom stereocenters. The molecule has 2 aliphatic rings. The van der Waals surface area contributed by atoms with Crippen LogP contribution in [-0.4, -0.2) is 48.0 Å². The number of ether oxygens (including phenoxy) is 1. The van der Waals surface area contributed by atoms with Gasteiger partial charge in [-0.3, -0.25) is 23.7 Å². The van der Waals surface area contributed by atoms with Crippen LogP contribution >= 0.6 is 0 Å². The van der Waals surface area contributed by atoms with Gasteiger partial charge >= 0.3 is 11.9 Å². The lowest BCUT2D eigenvalue weighted by atomic mass is 9.52. The molecule has 0 aromatic heterocycles. The van der Waals surface area contributed by atoms with Crippen LogP contribution in [0.3, 0.4) is 0 Å². The van der Waals surface area contributed by atoms with Gasteiger partial charge in [0.15, 0.2) is 0 Å². The summed E-state index contributed by atoms with van der Waals surface area (Å²) in [5, 5.41) is 2.87. The van der Waals surface area contributed by atoms with Gasteiger partial charge in [0.2, 0.25) is 11.8 Å². The number of carbonyl (C=O) groups excluding carboxylic acids is 4. The molecule has 5 atom stereocenters. The molecule has 2 rings (SSSR count). The second-order valence-corrected chi connectivity index (χ2v) is 20.3. The van der Waals surface area contributed by atoms with Crippen molar-refractivity contribution < 1.29 is 36.9 Å². The maximum Gasteiger partial charge on any atom is 0.321 e. The van der Waals surface area contributed by atoms with E-state index in [0.717, 1.165) is 0 Å². The normalized spacial score (nSPS) is 26.4. The molecule has 4 N–H and O–H groups in total. The van der Waals surface area contributed by atoms with E-state index >= 15 is 0 Å². The van der Waals surface area contributed by atoms with Crippen molar-refractivity contribution >= 4 is 33.9 Å². The van der Waals surface area contributed by atoms with Gasteiger partial charge in [0.25, 0.3) is 10.1 Å². The quantitative estimate of drug-likeness (QED) is 0.140. The van der Waals surface area contributed by atoms with E-state index in [1.807, 2.05) is 90.0 Å². The number of esters is 2. The van der Waals surface area contributed by atoms with Gasteiger partial charge in [0, 0.05) is 11.8 Å². The molecule has 1 aliphatic heterocycles. The van der Waals surface area contributed by atoms with Crippen molar-refractivity contribution in [2.24, 2.45) is 61.4 Å². The van der Waals surface area contributed by atoms with Crippen molar-refractivity contribution in [1.29, 1.82) is 0 Å². The van der Waals surface area contributed by atoms with Crippen LogP contribution in [-0.2, 0) is 34.0 Å². The molecule has 0 radical (unpaired) electrons. The highest BCUT2D eigenvalue weighted by Crippen LogP contribution is 2.80. The maximum absolute atomic E-state index is 14.5. The van der Waals surface area contributed by atoms with Crippen molar-refractivity contribution in [2.75, 3.05) is 5.75 Å². The van der Waals surface area contributed by atoms with E-state index in [-0.39, 0.29) is 11.8 Å². The fraction of sp³-hybridized carbons (Fsp3) is 0.882. The van der Waals surface area contributed by atoms with Crippen LogP contribution in [0.2, 0.25) is 0 Å². The summed E-state index contributed by atoms with van der Waals surface area (Å²) in [6.07, 6.45) is 1.13. The molecule has 1 aliphatic carbocycles. The number of rotatable bonds is 12. The Morgan fingerprint density at radius 2 is 1.42 bits per heavy atom. The van der Waals surface area contributed by atoms with Crippen molar-refractivity contribution in [2.45, 2.75) is 129 Å². The van der Waals surface area contributed by atoms with Gasteiger partial charge in [-0.05, 0) is 65.6 Å². The smallest absolute Gasteiger partial charge is 0.321 e. The number of carbonyl (C=O) groups is 4. The minimum Gasteiger partial charge on any atom is -0.392 e. The summed E-state index contributed by atoms with van der Waals surface area (Å²) in [7, 11) is -4.42. The first-order valence-corrected chi connectivity index (χ1v) is 17.5. The van der Waals surface area contributed by atoms with Crippen molar-refractivity contribution in [3.05, 3.63) is 0 Å². The molecule has 0 aromatic rings. The van der Waals surface area contributed by atoms with Crippen molar-refractivity contribution in [3.63, 3.8) is 0 Å². The van der Waals surface area contributed by atoms with E-state index in [1.54, 1.807) is 0 Å². The molecular weight excluding hydrogens is 596 g/mol. The van der Waals surface area contributed by atoms with Crippen molar-refractivity contribution in [1.82, 2.24) is 5.32 Å². The van der Waals surface area contributed by atoms with Gasteiger partial charge in [-0.15, -0.1) is 0 Å². The van der Waals surface area contributed by atoms with E-state index < -0.39 is 95.4 Å². The molecule has 0 aromatic carbocycles. The molecule has 1 saturated heterocycles. The summed E-state index contributed by atoms with van der Waals surface area (Å²) in [4.78, 5) is 54.0. The standard InChI is InChI=1S/C34H60N2O8S/c1-27(2,3)16-20(23(35)37)31(11,12)29(7,8)17-21(24(38)36-30(9,10)19-45(41,42)43)32(13,14)33(15)18-34(33)22(28(4,5)6)25(39)44-26(34)40/h20-22H,16-19H2,1-15H3,(H2,35,37)(H,36,38)(H,41,42,43).